The van der Waals surface area contributed by atoms with Gasteiger partial charge in [0.1, 0.15) is 0 Å². The second-order valence-corrected chi connectivity index (χ2v) is 7.48. The first-order valence-corrected chi connectivity index (χ1v) is 9.26. The lowest BCUT2D eigenvalue weighted by Crippen LogP contribution is -2.12. The maximum absolute atomic E-state index is 12.4. The Kier molecular flexibility index (Phi) is 5.20. The molecule has 3 aromatic rings. The van der Waals surface area contributed by atoms with Gasteiger partial charge in [0.2, 0.25) is 5.91 Å². The SMILES string of the molecule is Cc1nc(NC(=O)c2ccc(-n3cccc3)cc2)sc1SCC(N)=O. The van der Waals surface area contributed by atoms with Gasteiger partial charge in [-0.3, -0.25) is 14.9 Å². The Balaban J connectivity index is 1.68. The van der Waals surface area contributed by atoms with E-state index in [-0.39, 0.29) is 17.6 Å². The number of carbonyl (C=O) groups is 2. The number of nitrogens with two attached hydrogens (primary N) is 1. The summed E-state index contributed by atoms with van der Waals surface area (Å²) in [5, 5.41) is 3.30. The van der Waals surface area contributed by atoms with Gasteiger partial charge in [0.25, 0.3) is 5.91 Å². The van der Waals surface area contributed by atoms with Crippen LogP contribution in [0, 0.1) is 6.92 Å². The molecule has 0 bridgehead atoms. The van der Waals surface area contributed by atoms with Crippen molar-refractivity contribution >= 4 is 40.0 Å². The molecule has 2 heterocycles. The smallest absolute Gasteiger partial charge is 0.257 e. The van der Waals surface area contributed by atoms with Crippen molar-refractivity contribution in [3.05, 3.63) is 60.0 Å². The van der Waals surface area contributed by atoms with E-state index in [1.807, 2.05) is 48.1 Å². The second kappa shape index (κ2) is 7.54. The number of primary amides is 1. The molecule has 1 aromatic carbocycles. The number of hydrogen-bond donors (Lipinski definition) is 2. The minimum absolute atomic E-state index is 0.192. The van der Waals surface area contributed by atoms with E-state index >= 15 is 0 Å². The number of amides is 2. The molecule has 0 radical (unpaired) electrons. The van der Waals surface area contributed by atoms with Crippen LogP contribution >= 0.6 is 23.1 Å². The Morgan fingerprint density at radius 1 is 1.24 bits per heavy atom. The van der Waals surface area contributed by atoms with Crippen LogP contribution in [0.3, 0.4) is 0 Å². The van der Waals surface area contributed by atoms with E-state index in [0.717, 1.165) is 15.6 Å². The van der Waals surface area contributed by atoms with Crippen LogP contribution in [0.1, 0.15) is 16.1 Å². The second-order valence-electron chi connectivity index (χ2n) is 5.24. The molecule has 128 valence electrons. The summed E-state index contributed by atoms with van der Waals surface area (Å²) in [5.74, 6) is -0.414. The third-order valence-electron chi connectivity index (χ3n) is 3.35. The van der Waals surface area contributed by atoms with Crippen molar-refractivity contribution in [1.29, 1.82) is 0 Å². The average Bonchev–Trinajstić information content (AvgIpc) is 3.23. The van der Waals surface area contributed by atoms with E-state index in [1.165, 1.54) is 23.1 Å². The third-order valence-corrected chi connectivity index (χ3v) is 5.81. The summed E-state index contributed by atoms with van der Waals surface area (Å²) in [6.45, 7) is 1.83. The number of nitrogens with zero attached hydrogens (tertiary/aromatic N) is 2. The minimum atomic E-state index is -0.383. The maximum Gasteiger partial charge on any atom is 0.257 e. The lowest BCUT2D eigenvalue weighted by Gasteiger charge is -2.05. The first-order valence-electron chi connectivity index (χ1n) is 7.46. The summed E-state index contributed by atoms with van der Waals surface area (Å²) in [5.41, 5.74) is 7.46. The van der Waals surface area contributed by atoms with Gasteiger partial charge in [-0.25, -0.2) is 4.98 Å². The molecule has 25 heavy (non-hydrogen) atoms. The zero-order valence-corrected chi connectivity index (χ0v) is 15.1. The summed E-state index contributed by atoms with van der Waals surface area (Å²) in [6, 6.07) is 11.2. The van der Waals surface area contributed by atoms with Crippen LogP contribution in [-0.4, -0.2) is 27.1 Å². The van der Waals surface area contributed by atoms with Crippen LogP contribution in [0.2, 0.25) is 0 Å². The predicted molar refractivity (Wildman–Crippen MR) is 100 cm³/mol. The fourth-order valence-electron chi connectivity index (χ4n) is 2.17. The molecular weight excluding hydrogens is 356 g/mol. The molecule has 0 fully saturated rings. The number of thioether (sulfide) groups is 1. The highest BCUT2D eigenvalue weighted by Crippen LogP contribution is 2.32. The summed E-state index contributed by atoms with van der Waals surface area (Å²) in [6.07, 6.45) is 3.89. The molecule has 6 nitrogen and oxygen atoms in total. The maximum atomic E-state index is 12.4. The van der Waals surface area contributed by atoms with E-state index in [2.05, 4.69) is 10.3 Å². The number of thiazole rings is 1. The Morgan fingerprint density at radius 2 is 1.92 bits per heavy atom. The molecule has 0 atom stereocenters. The molecule has 0 aliphatic rings. The van der Waals surface area contributed by atoms with Crippen LogP contribution < -0.4 is 11.1 Å². The molecule has 3 N–H and O–H groups in total. The Labute approximate surface area is 153 Å². The van der Waals surface area contributed by atoms with Crippen LogP contribution in [0.25, 0.3) is 5.69 Å². The van der Waals surface area contributed by atoms with Crippen molar-refractivity contribution in [2.24, 2.45) is 5.73 Å². The van der Waals surface area contributed by atoms with Gasteiger partial charge >= 0.3 is 0 Å². The highest BCUT2D eigenvalue weighted by atomic mass is 32.2. The van der Waals surface area contributed by atoms with E-state index in [0.29, 0.717) is 10.7 Å². The van der Waals surface area contributed by atoms with Gasteiger partial charge in [0.15, 0.2) is 5.13 Å². The number of aryl methyl sites for hydroxylation is 1. The summed E-state index contributed by atoms with van der Waals surface area (Å²) in [7, 11) is 0. The standard InChI is InChI=1S/C17H16N4O2S2/c1-11-16(24-10-14(18)22)25-17(19-11)20-15(23)12-4-6-13(7-5-12)21-8-2-3-9-21/h2-9H,10H2,1H3,(H2,18,22)(H,19,20,23). The largest absolute Gasteiger partial charge is 0.369 e. The van der Waals surface area contributed by atoms with Crippen LogP contribution in [0.4, 0.5) is 5.13 Å². The highest BCUT2D eigenvalue weighted by molar-refractivity contribution is 8.01. The molecule has 8 heteroatoms. The number of hydrogen-bond acceptors (Lipinski definition) is 5. The fraction of sp³-hybridized carbons (Fsp3) is 0.118. The van der Waals surface area contributed by atoms with Gasteiger partial charge in [0.05, 0.1) is 15.7 Å². The molecule has 2 amide bonds. The number of benzene rings is 1. The summed E-state index contributed by atoms with van der Waals surface area (Å²) >= 11 is 2.66. The minimum Gasteiger partial charge on any atom is -0.369 e. The van der Waals surface area contributed by atoms with Crippen LogP contribution in [-0.2, 0) is 4.79 Å². The average molecular weight is 372 g/mol. The zero-order valence-electron chi connectivity index (χ0n) is 13.4. The molecule has 0 unspecified atom stereocenters. The van der Waals surface area contributed by atoms with Gasteiger partial charge in [-0.15, -0.1) is 11.8 Å². The fourth-order valence-corrected chi connectivity index (χ4v) is 4.04. The quantitative estimate of drug-likeness (QED) is 0.651. The topological polar surface area (TPSA) is 90.0 Å². The van der Waals surface area contributed by atoms with E-state index in [4.69, 9.17) is 5.73 Å². The van der Waals surface area contributed by atoms with Crippen LogP contribution in [0.5, 0.6) is 0 Å². The lowest BCUT2D eigenvalue weighted by atomic mass is 10.2. The molecule has 0 spiro atoms. The molecular formula is C17H16N4O2S2. The van der Waals surface area contributed by atoms with Crippen molar-refractivity contribution in [1.82, 2.24) is 9.55 Å². The zero-order chi connectivity index (χ0) is 17.8. The first-order chi connectivity index (χ1) is 12.0. The van der Waals surface area contributed by atoms with E-state index < -0.39 is 0 Å². The molecule has 2 aromatic heterocycles. The highest BCUT2D eigenvalue weighted by Gasteiger charge is 2.13. The van der Waals surface area contributed by atoms with Gasteiger partial charge < -0.3 is 10.3 Å². The number of aromatic nitrogens is 2. The number of rotatable bonds is 6. The monoisotopic (exact) mass is 372 g/mol. The Morgan fingerprint density at radius 3 is 2.56 bits per heavy atom. The third kappa shape index (κ3) is 4.28. The Bertz CT molecular complexity index is 886. The normalized spacial score (nSPS) is 10.6. The predicted octanol–water partition coefficient (Wildman–Crippen LogP) is 3.07. The van der Waals surface area contributed by atoms with Gasteiger partial charge in [0, 0.05) is 23.6 Å². The molecule has 0 aliphatic heterocycles. The molecule has 3 rings (SSSR count). The van der Waals surface area contributed by atoms with Crippen molar-refractivity contribution in [3.8, 4) is 5.69 Å². The molecule has 0 aliphatic carbocycles. The van der Waals surface area contributed by atoms with E-state index in [9.17, 15) is 9.59 Å². The Hall–Kier alpha value is -2.58. The van der Waals surface area contributed by atoms with Gasteiger partial charge in [-0.2, -0.15) is 0 Å². The van der Waals surface area contributed by atoms with E-state index in [1.54, 1.807) is 12.1 Å². The molecule has 0 saturated heterocycles. The van der Waals surface area contributed by atoms with Crippen molar-refractivity contribution < 1.29 is 9.59 Å². The number of nitrogens with one attached hydrogen (secondary N) is 1. The number of carbonyl (C=O) groups excluding carboxylic acids is 2. The van der Waals surface area contributed by atoms with Crippen molar-refractivity contribution in [3.63, 3.8) is 0 Å². The summed E-state index contributed by atoms with van der Waals surface area (Å²) < 4.78 is 2.84. The first kappa shape index (κ1) is 17.2. The van der Waals surface area contributed by atoms with Crippen molar-refractivity contribution in [2.45, 2.75) is 11.1 Å². The summed E-state index contributed by atoms with van der Waals surface area (Å²) in [4.78, 5) is 27.6. The van der Waals surface area contributed by atoms with Gasteiger partial charge in [-0.1, -0.05) is 11.3 Å². The van der Waals surface area contributed by atoms with Crippen molar-refractivity contribution in [2.75, 3.05) is 11.1 Å². The van der Waals surface area contributed by atoms with Crippen LogP contribution in [0.15, 0.2) is 53.0 Å². The number of anilines is 1. The molecule has 0 saturated carbocycles. The van der Waals surface area contributed by atoms with Gasteiger partial charge in [-0.05, 0) is 43.3 Å². The lowest BCUT2D eigenvalue weighted by molar-refractivity contribution is -0.115.